The molecule has 1 aliphatic carbocycles. The second-order valence-corrected chi connectivity index (χ2v) is 6.12. The van der Waals surface area contributed by atoms with Crippen LogP contribution in [0.5, 0.6) is 0 Å². The fourth-order valence-corrected chi connectivity index (χ4v) is 3.25. The Hall–Kier alpha value is -0.400. The third kappa shape index (κ3) is 3.13. The van der Waals surface area contributed by atoms with Crippen LogP contribution in [-0.4, -0.2) is 13.1 Å². The van der Waals surface area contributed by atoms with Gasteiger partial charge >= 0.3 is 0 Å². The van der Waals surface area contributed by atoms with Gasteiger partial charge in [-0.2, -0.15) is 0 Å². The molecular weight excluding hydrogens is 265 g/mol. The third-order valence-electron chi connectivity index (χ3n) is 4.08. The summed E-state index contributed by atoms with van der Waals surface area (Å²) in [7, 11) is 2.15. The van der Waals surface area contributed by atoms with Crippen LogP contribution >= 0.6 is 23.2 Å². The minimum absolute atomic E-state index is 0.519. The molecule has 1 aromatic carbocycles. The van der Waals surface area contributed by atoms with Gasteiger partial charge in [-0.3, -0.25) is 0 Å². The summed E-state index contributed by atoms with van der Waals surface area (Å²) in [4.78, 5) is 2.34. The molecule has 0 saturated heterocycles. The topological polar surface area (TPSA) is 3.24 Å². The molecule has 0 unspecified atom stereocenters. The molecule has 0 atom stereocenters. The fourth-order valence-electron chi connectivity index (χ4n) is 2.75. The molecule has 0 radical (unpaired) electrons. The van der Waals surface area contributed by atoms with E-state index >= 15 is 0 Å². The molecule has 1 nitrogen and oxygen atoms in total. The van der Waals surface area contributed by atoms with Crippen molar-refractivity contribution in [1.82, 2.24) is 0 Å². The van der Waals surface area contributed by atoms with Crippen molar-refractivity contribution in [3.8, 4) is 0 Å². The number of hydrogen-bond donors (Lipinski definition) is 0. The summed E-state index contributed by atoms with van der Waals surface area (Å²) >= 11 is 12.2. The number of nitrogens with zero attached hydrogens (tertiary/aromatic N) is 1. The van der Waals surface area contributed by atoms with Gasteiger partial charge in [-0.15, -0.1) is 11.6 Å². The first-order valence-electron chi connectivity index (χ1n) is 6.69. The molecular formula is C15H21Cl2N. The lowest BCUT2D eigenvalue weighted by Gasteiger charge is -2.35. The summed E-state index contributed by atoms with van der Waals surface area (Å²) in [5.74, 6) is 1.40. The molecule has 0 bridgehead atoms. The summed E-state index contributed by atoms with van der Waals surface area (Å²) in [6.07, 6.45) is 5.19. The fraction of sp³-hybridized carbons (Fsp3) is 0.600. The van der Waals surface area contributed by atoms with Crippen molar-refractivity contribution in [2.45, 2.75) is 44.5 Å². The molecule has 1 aliphatic rings. The number of alkyl halides is 1. The smallest absolute Gasteiger partial charge is 0.0642 e. The molecule has 2 rings (SSSR count). The Labute approximate surface area is 120 Å². The molecule has 0 heterocycles. The maximum Gasteiger partial charge on any atom is 0.0642 e. The van der Waals surface area contributed by atoms with Crippen molar-refractivity contribution < 1.29 is 0 Å². The van der Waals surface area contributed by atoms with Crippen molar-refractivity contribution in [2.75, 3.05) is 11.9 Å². The zero-order valence-corrected chi connectivity index (χ0v) is 12.6. The highest BCUT2D eigenvalue weighted by molar-refractivity contribution is 6.33. The molecule has 1 aromatic rings. The number of anilines is 1. The first-order chi connectivity index (χ1) is 8.61. The van der Waals surface area contributed by atoms with E-state index in [9.17, 15) is 0 Å². The van der Waals surface area contributed by atoms with Crippen LogP contribution in [-0.2, 0) is 5.88 Å². The van der Waals surface area contributed by atoms with Gasteiger partial charge in [0.1, 0.15) is 0 Å². The van der Waals surface area contributed by atoms with Gasteiger partial charge < -0.3 is 4.90 Å². The summed E-state index contributed by atoms with van der Waals surface area (Å²) in [6, 6.07) is 6.76. The zero-order chi connectivity index (χ0) is 13.1. The largest absolute Gasteiger partial charge is 0.370 e. The van der Waals surface area contributed by atoms with Crippen molar-refractivity contribution >= 4 is 28.9 Å². The van der Waals surface area contributed by atoms with Gasteiger partial charge in [0.25, 0.3) is 0 Å². The van der Waals surface area contributed by atoms with E-state index in [1.54, 1.807) is 0 Å². The van der Waals surface area contributed by atoms with Crippen LogP contribution < -0.4 is 4.90 Å². The van der Waals surface area contributed by atoms with Crippen LogP contribution in [0.1, 0.15) is 38.2 Å². The summed E-state index contributed by atoms with van der Waals surface area (Å²) in [5, 5.41) is 0.814. The minimum Gasteiger partial charge on any atom is -0.370 e. The Morgan fingerprint density at radius 1 is 1.22 bits per heavy atom. The van der Waals surface area contributed by atoms with Gasteiger partial charge in [0.15, 0.2) is 0 Å². The molecule has 3 heteroatoms. The van der Waals surface area contributed by atoms with E-state index in [0.29, 0.717) is 11.9 Å². The van der Waals surface area contributed by atoms with Crippen LogP contribution in [0.3, 0.4) is 0 Å². The number of halogens is 2. The van der Waals surface area contributed by atoms with Crippen molar-refractivity contribution in [2.24, 2.45) is 5.92 Å². The highest BCUT2D eigenvalue weighted by atomic mass is 35.5. The Morgan fingerprint density at radius 2 is 1.89 bits per heavy atom. The van der Waals surface area contributed by atoms with Gasteiger partial charge in [0, 0.05) is 19.0 Å². The molecule has 100 valence electrons. The van der Waals surface area contributed by atoms with Crippen LogP contribution in [0.2, 0.25) is 5.02 Å². The van der Waals surface area contributed by atoms with Crippen LogP contribution in [0, 0.1) is 5.92 Å². The summed E-state index contributed by atoms with van der Waals surface area (Å²) in [5.41, 5.74) is 2.21. The highest BCUT2D eigenvalue weighted by Gasteiger charge is 2.22. The number of hydrogen-bond acceptors (Lipinski definition) is 1. The highest BCUT2D eigenvalue weighted by Crippen LogP contribution is 2.33. The molecule has 18 heavy (non-hydrogen) atoms. The predicted molar refractivity (Wildman–Crippen MR) is 80.8 cm³/mol. The molecule has 0 spiro atoms. The van der Waals surface area contributed by atoms with Gasteiger partial charge in [-0.05, 0) is 49.3 Å². The Balaban J connectivity index is 2.11. The second kappa shape index (κ2) is 6.16. The lowest BCUT2D eigenvalue weighted by atomic mass is 9.86. The minimum atomic E-state index is 0.519. The van der Waals surface area contributed by atoms with Crippen molar-refractivity contribution in [1.29, 1.82) is 0 Å². The molecule has 1 fully saturated rings. The van der Waals surface area contributed by atoms with Crippen molar-refractivity contribution in [3.63, 3.8) is 0 Å². The second-order valence-electron chi connectivity index (χ2n) is 5.44. The van der Waals surface area contributed by atoms with Gasteiger partial charge in [-0.25, -0.2) is 0 Å². The quantitative estimate of drug-likeness (QED) is 0.699. The van der Waals surface area contributed by atoms with Gasteiger partial charge in [-0.1, -0.05) is 24.6 Å². The number of benzene rings is 1. The van der Waals surface area contributed by atoms with E-state index in [1.165, 1.54) is 25.7 Å². The first-order valence-corrected chi connectivity index (χ1v) is 7.60. The molecule has 0 aliphatic heterocycles. The molecule has 0 aromatic heterocycles. The molecule has 1 saturated carbocycles. The first kappa shape index (κ1) is 14.0. The third-order valence-corrected chi connectivity index (χ3v) is 4.69. The normalized spacial score (nSPS) is 24.0. The van der Waals surface area contributed by atoms with E-state index in [1.807, 2.05) is 6.07 Å². The Kier molecular flexibility index (Phi) is 4.80. The van der Waals surface area contributed by atoms with Crippen molar-refractivity contribution in [3.05, 3.63) is 28.8 Å². The maximum atomic E-state index is 6.35. The van der Waals surface area contributed by atoms with Gasteiger partial charge in [0.05, 0.1) is 10.7 Å². The Bertz CT molecular complexity index is 397. The van der Waals surface area contributed by atoms with Crippen LogP contribution in [0.4, 0.5) is 5.69 Å². The monoisotopic (exact) mass is 285 g/mol. The predicted octanol–water partition coefficient (Wildman–Crippen LogP) is 5.09. The lowest BCUT2D eigenvalue weighted by Crippen LogP contribution is -2.34. The molecule has 0 amide bonds. The average Bonchev–Trinajstić information content (AvgIpc) is 2.38. The van der Waals surface area contributed by atoms with Crippen LogP contribution in [0.25, 0.3) is 0 Å². The standard InChI is InChI=1S/C15H21Cl2N/c1-11-3-6-13(7-4-11)18(2)15-8-5-12(10-16)9-14(15)17/h5,8-9,11,13H,3-4,6-7,10H2,1-2H3. The average molecular weight is 286 g/mol. The van der Waals surface area contributed by atoms with Gasteiger partial charge in [0.2, 0.25) is 0 Å². The SMILES string of the molecule is CC1CCC(N(C)c2ccc(CCl)cc2Cl)CC1. The van der Waals surface area contributed by atoms with E-state index in [4.69, 9.17) is 23.2 Å². The Morgan fingerprint density at radius 3 is 2.44 bits per heavy atom. The number of rotatable bonds is 3. The van der Waals surface area contributed by atoms with E-state index < -0.39 is 0 Å². The van der Waals surface area contributed by atoms with E-state index in [2.05, 4.69) is 31.0 Å². The molecule has 0 N–H and O–H groups in total. The van der Waals surface area contributed by atoms with E-state index in [0.717, 1.165) is 22.2 Å². The summed E-state index contributed by atoms with van der Waals surface area (Å²) < 4.78 is 0. The summed E-state index contributed by atoms with van der Waals surface area (Å²) in [6.45, 7) is 2.35. The lowest BCUT2D eigenvalue weighted by molar-refractivity contribution is 0.341. The van der Waals surface area contributed by atoms with E-state index in [-0.39, 0.29) is 0 Å². The van der Waals surface area contributed by atoms with Crippen LogP contribution in [0.15, 0.2) is 18.2 Å². The maximum absolute atomic E-state index is 6.35. The zero-order valence-electron chi connectivity index (χ0n) is 11.1.